The Hall–Kier alpha value is -0.610. The molecule has 0 aromatic carbocycles. The van der Waals surface area contributed by atoms with E-state index in [1.165, 1.54) is 19.3 Å². The first-order chi connectivity index (χ1) is 8.24. The van der Waals surface area contributed by atoms with Crippen molar-refractivity contribution in [1.82, 2.24) is 10.2 Å². The van der Waals surface area contributed by atoms with Gasteiger partial charge in [0.25, 0.3) is 0 Å². The van der Waals surface area contributed by atoms with Crippen LogP contribution in [0.4, 0.5) is 0 Å². The van der Waals surface area contributed by atoms with E-state index < -0.39 is 0 Å². The van der Waals surface area contributed by atoms with Crippen LogP contribution in [0.2, 0.25) is 0 Å². The van der Waals surface area contributed by atoms with Gasteiger partial charge in [-0.2, -0.15) is 0 Å². The lowest BCUT2D eigenvalue weighted by Crippen LogP contribution is -2.38. The van der Waals surface area contributed by atoms with Crippen molar-refractivity contribution in [2.24, 2.45) is 0 Å². The minimum absolute atomic E-state index is 0.179. The van der Waals surface area contributed by atoms with Crippen LogP contribution in [-0.4, -0.2) is 47.7 Å². The summed E-state index contributed by atoms with van der Waals surface area (Å²) in [6.07, 6.45) is 7.36. The highest BCUT2D eigenvalue weighted by atomic mass is 16.3. The number of hydrogen-bond donors (Lipinski definition) is 2. The third kappa shape index (κ3) is 4.28. The lowest BCUT2D eigenvalue weighted by molar-refractivity contribution is -0.122. The zero-order chi connectivity index (χ0) is 12.1. The highest BCUT2D eigenvalue weighted by Gasteiger charge is 2.21. The molecule has 1 heterocycles. The van der Waals surface area contributed by atoms with Crippen LogP contribution in [0.3, 0.4) is 0 Å². The van der Waals surface area contributed by atoms with Crippen LogP contribution < -0.4 is 5.32 Å². The Labute approximate surface area is 103 Å². The summed E-state index contributed by atoms with van der Waals surface area (Å²) in [5.41, 5.74) is 0. The molecule has 1 saturated heterocycles. The minimum Gasteiger partial charge on any atom is -0.392 e. The quantitative estimate of drug-likeness (QED) is 0.767. The number of β-amino-alcohol motifs (C(OH)–C–C–N with tert-alkyl or cyclic N) is 1. The van der Waals surface area contributed by atoms with Crippen molar-refractivity contribution in [3.05, 3.63) is 0 Å². The zero-order valence-corrected chi connectivity index (χ0v) is 10.5. The summed E-state index contributed by atoms with van der Waals surface area (Å²) in [5, 5.41) is 12.5. The fraction of sp³-hybridized carbons (Fsp3) is 0.923. The molecular formula is C13H24N2O2. The van der Waals surface area contributed by atoms with Gasteiger partial charge >= 0.3 is 0 Å². The number of carbonyl (C=O) groups excluding carboxylic acids is 1. The summed E-state index contributed by atoms with van der Waals surface area (Å²) in [4.78, 5) is 13.9. The molecule has 0 aromatic heterocycles. The number of nitrogens with one attached hydrogen (secondary N) is 1. The van der Waals surface area contributed by atoms with E-state index in [-0.39, 0.29) is 12.0 Å². The molecule has 0 bridgehead atoms. The maximum absolute atomic E-state index is 11.7. The summed E-state index contributed by atoms with van der Waals surface area (Å²) in [5.74, 6) is 0.179. The number of likely N-dealkylation sites (tertiary alicyclic amines) is 1. The van der Waals surface area contributed by atoms with Gasteiger partial charge in [0.1, 0.15) is 0 Å². The van der Waals surface area contributed by atoms with E-state index >= 15 is 0 Å². The number of carbonyl (C=O) groups is 1. The lowest BCUT2D eigenvalue weighted by Gasteiger charge is -2.23. The summed E-state index contributed by atoms with van der Waals surface area (Å²) in [7, 11) is 0. The van der Waals surface area contributed by atoms with Gasteiger partial charge in [0, 0.05) is 32.1 Å². The standard InChI is InChI=1S/C13H24N2O2/c16-12-6-8-15(10-12)9-7-13(17)14-11-4-2-1-3-5-11/h11-12,16H,1-10H2,(H,14,17). The molecule has 2 aliphatic rings. The van der Waals surface area contributed by atoms with Crippen molar-refractivity contribution < 1.29 is 9.90 Å². The van der Waals surface area contributed by atoms with Crippen molar-refractivity contribution in [2.75, 3.05) is 19.6 Å². The van der Waals surface area contributed by atoms with Gasteiger partial charge in [0.15, 0.2) is 0 Å². The maximum Gasteiger partial charge on any atom is 0.221 e. The Kier molecular flexibility index (Phi) is 4.80. The van der Waals surface area contributed by atoms with E-state index in [0.29, 0.717) is 12.5 Å². The van der Waals surface area contributed by atoms with E-state index in [1.54, 1.807) is 0 Å². The molecule has 4 heteroatoms. The van der Waals surface area contributed by atoms with Crippen LogP contribution >= 0.6 is 0 Å². The van der Waals surface area contributed by atoms with Crippen LogP contribution in [0.25, 0.3) is 0 Å². The van der Waals surface area contributed by atoms with Gasteiger partial charge in [-0.25, -0.2) is 0 Å². The van der Waals surface area contributed by atoms with E-state index in [4.69, 9.17) is 0 Å². The van der Waals surface area contributed by atoms with Gasteiger partial charge in [-0.15, -0.1) is 0 Å². The fourth-order valence-corrected chi connectivity index (χ4v) is 2.82. The molecule has 0 spiro atoms. The molecule has 98 valence electrons. The molecule has 2 fully saturated rings. The van der Waals surface area contributed by atoms with Crippen molar-refractivity contribution in [1.29, 1.82) is 0 Å². The van der Waals surface area contributed by atoms with E-state index in [1.807, 2.05) is 0 Å². The second kappa shape index (κ2) is 6.36. The molecule has 4 nitrogen and oxygen atoms in total. The second-order valence-electron chi connectivity index (χ2n) is 5.40. The predicted octanol–water partition coefficient (Wildman–Crippen LogP) is 0.892. The van der Waals surface area contributed by atoms with Crippen LogP contribution in [0.5, 0.6) is 0 Å². The molecule has 0 aromatic rings. The molecule has 17 heavy (non-hydrogen) atoms. The number of aliphatic hydroxyl groups is 1. The fourth-order valence-electron chi connectivity index (χ4n) is 2.82. The SMILES string of the molecule is O=C(CCN1CCC(O)C1)NC1CCCCC1. The molecule has 1 unspecified atom stereocenters. The average Bonchev–Trinajstić information content (AvgIpc) is 2.74. The second-order valence-corrected chi connectivity index (χ2v) is 5.40. The molecule has 0 radical (unpaired) electrons. The normalized spacial score (nSPS) is 27.2. The van der Waals surface area contributed by atoms with E-state index in [2.05, 4.69) is 10.2 Å². The minimum atomic E-state index is -0.184. The smallest absolute Gasteiger partial charge is 0.221 e. The van der Waals surface area contributed by atoms with Gasteiger partial charge < -0.3 is 15.3 Å². The van der Waals surface area contributed by atoms with Crippen molar-refractivity contribution >= 4 is 5.91 Å². The molecule has 1 atom stereocenters. The molecule has 2 N–H and O–H groups in total. The van der Waals surface area contributed by atoms with Crippen LogP contribution in [0.15, 0.2) is 0 Å². The van der Waals surface area contributed by atoms with Gasteiger partial charge in [-0.05, 0) is 19.3 Å². The Balaban J connectivity index is 1.60. The van der Waals surface area contributed by atoms with Gasteiger partial charge in [-0.3, -0.25) is 4.79 Å². The van der Waals surface area contributed by atoms with E-state index in [0.717, 1.165) is 38.9 Å². The Morgan fingerprint density at radius 3 is 2.65 bits per heavy atom. The number of amides is 1. The largest absolute Gasteiger partial charge is 0.392 e. The van der Waals surface area contributed by atoms with Crippen molar-refractivity contribution in [3.63, 3.8) is 0 Å². The third-order valence-corrected chi connectivity index (χ3v) is 3.87. The maximum atomic E-state index is 11.7. The molecule has 1 aliphatic heterocycles. The van der Waals surface area contributed by atoms with Crippen molar-refractivity contribution in [2.45, 2.75) is 57.1 Å². The zero-order valence-electron chi connectivity index (χ0n) is 10.5. The van der Waals surface area contributed by atoms with Gasteiger partial charge in [-0.1, -0.05) is 19.3 Å². The van der Waals surface area contributed by atoms with Crippen LogP contribution in [-0.2, 0) is 4.79 Å². The number of nitrogens with zero attached hydrogens (tertiary/aromatic N) is 1. The van der Waals surface area contributed by atoms with Crippen LogP contribution in [0, 0.1) is 0 Å². The van der Waals surface area contributed by atoms with Crippen LogP contribution in [0.1, 0.15) is 44.9 Å². The molecule has 2 rings (SSSR count). The predicted molar refractivity (Wildman–Crippen MR) is 66.7 cm³/mol. The third-order valence-electron chi connectivity index (χ3n) is 3.87. The molecule has 1 aliphatic carbocycles. The monoisotopic (exact) mass is 240 g/mol. The van der Waals surface area contributed by atoms with E-state index in [9.17, 15) is 9.90 Å². The first-order valence-electron chi connectivity index (χ1n) is 6.94. The Bertz CT molecular complexity index is 252. The first kappa shape index (κ1) is 12.8. The number of hydrogen-bond acceptors (Lipinski definition) is 3. The average molecular weight is 240 g/mol. The Morgan fingerprint density at radius 1 is 1.24 bits per heavy atom. The topological polar surface area (TPSA) is 52.6 Å². The highest BCUT2D eigenvalue weighted by Crippen LogP contribution is 2.17. The van der Waals surface area contributed by atoms with Gasteiger partial charge in [0.2, 0.25) is 5.91 Å². The summed E-state index contributed by atoms with van der Waals surface area (Å²) in [6, 6.07) is 0.417. The molecular weight excluding hydrogens is 216 g/mol. The number of aliphatic hydroxyl groups excluding tert-OH is 1. The first-order valence-corrected chi connectivity index (χ1v) is 6.94. The number of rotatable bonds is 4. The molecule has 1 amide bonds. The van der Waals surface area contributed by atoms with Gasteiger partial charge in [0.05, 0.1) is 6.10 Å². The lowest BCUT2D eigenvalue weighted by atomic mass is 9.95. The summed E-state index contributed by atoms with van der Waals surface area (Å²) in [6.45, 7) is 2.45. The highest BCUT2D eigenvalue weighted by molar-refractivity contribution is 5.76. The van der Waals surface area contributed by atoms with Crippen molar-refractivity contribution in [3.8, 4) is 0 Å². The molecule has 1 saturated carbocycles. The summed E-state index contributed by atoms with van der Waals surface area (Å²) >= 11 is 0. The summed E-state index contributed by atoms with van der Waals surface area (Å²) < 4.78 is 0. The Morgan fingerprint density at radius 2 is 2.00 bits per heavy atom.